The summed E-state index contributed by atoms with van der Waals surface area (Å²) in [6.45, 7) is 6.68. The number of carbonyl (C=O) groups is 2. The first-order valence-electron chi connectivity index (χ1n) is 15.5. The number of rotatable bonds is 15. The van der Waals surface area contributed by atoms with Gasteiger partial charge in [-0.2, -0.15) is 9.49 Å². The molecule has 0 aliphatic heterocycles. The SMILES string of the molecule is CCc1nocc1C(=O)NC(C(=O)Nc1ccc(-c2c(C)nn(COCCS(C)(C)C)c2CC)c(F)n1)C(C1CC1)C1CC1. The van der Waals surface area contributed by atoms with Crippen LogP contribution < -0.4 is 10.6 Å². The lowest BCUT2D eigenvalue weighted by Gasteiger charge is -2.27. The third-order valence-electron chi connectivity index (χ3n) is 8.50. The molecule has 0 saturated heterocycles. The fourth-order valence-electron chi connectivity index (χ4n) is 5.95. The molecular formula is C32H45FN6O4S. The van der Waals surface area contributed by atoms with Gasteiger partial charge in [0.25, 0.3) is 5.91 Å². The van der Waals surface area contributed by atoms with Gasteiger partial charge in [-0.1, -0.05) is 19.0 Å². The number of pyridine rings is 1. The molecule has 2 saturated carbocycles. The predicted octanol–water partition coefficient (Wildman–Crippen LogP) is 5.35. The van der Waals surface area contributed by atoms with Crippen LogP contribution in [0.3, 0.4) is 0 Å². The molecule has 2 aliphatic rings. The van der Waals surface area contributed by atoms with E-state index in [2.05, 4.69) is 44.6 Å². The zero-order valence-electron chi connectivity index (χ0n) is 26.6. The molecule has 0 aromatic carbocycles. The molecule has 1 atom stereocenters. The molecule has 10 nitrogen and oxygen atoms in total. The lowest BCUT2D eigenvalue weighted by atomic mass is 9.88. The molecule has 44 heavy (non-hydrogen) atoms. The Kier molecular flexibility index (Phi) is 9.79. The van der Waals surface area contributed by atoms with Gasteiger partial charge in [0.05, 0.1) is 18.0 Å². The first-order valence-corrected chi connectivity index (χ1v) is 18.5. The lowest BCUT2D eigenvalue weighted by Crippen LogP contribution is -2.50. The van der Waals surface area contributed by atoms with E-state index < -0.39 is 33.8 Å². The molecule has 2 amide bonds. The quantitative estimate of drug-likeness (QED) is 0.172. The van der Waals surface area contributed by atoms with Gasteiger partial charge in [0.2, 0.25) is 11.9 Å². The molecule has 240 valence electrons. The van der Waals surface area contributed by atoms with Crippen LogP contribution in [0.25, 0.3) is 11.1 Å². The number of aromatic nitrogens is 4. The van der Waals surface area contributed by atoms with E-state index in [4.69, 9.17) is 9.26 Å². The van der Waals surface area contributed by atoms with E-state index in [1.165, 1.54) is 6.26 Å². The highest BCUT2D eigenvalue weighted by Crippen LogP contribution is 2.51. The third-order valence-corrected chi connectivity index (χ3v) is 9.89. The maximum absolute atomic E-state index is 15.6. The summed E-state index contributed by atoms with van der Waals surface area (Å²) in [5.74, 6) is 0.373. The molecule has 3 aromatic heterocycles. The van der Waals surface area contributed by atoms with Crippen molar-refractivity contribution < 1.29 is 23.2 Å². The van der Waals surface area contributed by atoms with Gasteiger partial charge in [-0.15, -0.1) is 0 Å². The summed E-state index contributed by atoms with van der Waals surface area (Å²) in [5, 5.41) is 14.3. The number of nitrogens with zero attached hydrogens (tertiary/aromatic N) is 4. The number of hydrogen-bond donors (Lipinski definition) is 2. The molecule has 5 rings (SSSR count). The maximum atomic E-state index is 15.6. The van der Waals surface area contributed by atoms with Crippen molar-refractivity contribution in [2.75, 3.05) is 36.4 Å². The molecule has 1 unspecified atom stereocenters. The minimum Gasteiger partial charge on any atom is -0.364 e. The van der Waals surface area contributed by atoms with Gasteiger partial charge in [-0.05, 0) is 94.1 Å². The van der Waals surface area contributed by atoms with Crippen molar-refractivity contribution in [1.82, 2.24) is 25.2 Å². The summed E-state index contributed by atoms with van der Waals surface area (Å²) in [5.41, 5.74) is 3.42. The van der Waals surface area contributed by atoms with Crippen LogP contribution in [0, 0.1) is 30.6 Å². The second-order valence-corrected chi connectivity index (χ2v) is 17.4. The second-order valence-electron chi connectivity index (χ2n) is 12.8. The number of amides is 2. The van der Waals surface area contributed by atoms with Gasteiger partial charge >= 0.3 is 0 Å². The maximum Gasteiger partial charge on any atom is 0.257 e. The van der Waals surface area contributed by atoms with Crippen LogP contribution >= 0.6 is 10.0 Å². The van der Waals surface area contributed by atoms with Crippen molar-refractivity contribution in [3.8, 4) is 11.1 Å². The molecule has 2 fully saturated rings. The molecule has 12 heteroatoms. The highest BCUT2D eigenvalue weighted by Gasteiger charge is 2.48. The van der Waals surface area contributed by atoms with Crippen LogP contribution in [0.15, 0.2) is 22.9 Å². The number of hydrogen-bond acceptors (Lipinski definition) is 7. The van der Waals surface area contributed by atoms with Gasteiger partial charge in [0, 0.05) is 22.6 Å². The van der Waals surface area contributed by atoms with E-state index >= 15 is 4.39 Å². The zero-order valence-corrected chi connectivity index (χ0v) is 27.4. The van der Waals surface area contributed by atoms with Gasteiger partial charge in [-0.3, -0.25) is 9.59 Å². The highest BCUT2D eigenvalue weighted by atomic mass is 32.3. The molecule has 2 aliphatic carbocycles. The molecule has 0 bridgehead atoms. The smallest absolute Gasteiger partial charge is 0.257 e. The van der Waals surface area contributed by atoms with E-state index in [0.29, 0.717) is 66.1 Å². The number of carbonyl (C=O) groups excluding carboxylic acids is 2. The first-order chi connectivity index (χ1) is 21.0. The van der Waals surface area contributed by atoms with Crippen molar-refractivity contribution >= 4 is 27.7 Å². The van der Waals surface area contributed by atoms with Crippen molar-refractivity contribution in [3.05, 3.63) is 47.0 Å². The number of halogens is 1. The second kappa shape index (κ2) is 13.4. The monoisotopic (exact) mass is 628 g/mol. The van der Waals surface area contributed by atoms with Crippen LogP contribution in [0.4, 0.5) is 10.2 Å². The number of anilines is 1. The largest absolute Gasteiger partial charge is 0.364 e. The van der Waals surface area contributed by atoms with Crippen LogP contribution in [0.5, 0.6) is 0 Å². The van der Waals surface area contributed by atoms with E-state index in [1.54, 1.807) is 16.8 Å². The summed E-state index contributed by atoms with van der Waals surface area (Å²) in [6.07, 6.45) is 13.4. The minimum atomic E-state index is -0.779. The van der Waals surface area contributed by atoms with Crippen molar-refractivity contribution in [2.24, 2.45) is 17.8 Å². The molecule has 0 radical (unpaired) electrons. The topological polar surface area (TPSA) is 124 Å². The van der Waals surface area contributed by atoms with E-state index in [0.717, 1.165) is 37.1 Å². The fraction of sp³-hybridized carbons (Fsp3) is 0.594. The van der Waals surface area contributed by atoms with Crippen LogP contribution in [-0.4, -0.2) is 68.9 Å². The average Bonchev–Trinajstić information content (AvgIpc) is 3.91. The molecule has 0 spiro atoms. The van der Waals surface area contributed by atoms with E-state index in [-0.39, 0.29) is 11.7 Å². The Labute approximate surface area is 260 Å². The molecule has 3 heterocycles. The molecule has 2 N–H and O–H groups in total. The summed E-state index contributed by atoms with van der Waals surface area (Å²) in [7, 11) is -0.660. The summed E-state index contributed by atoms with van der Waals surface area (Å²) < 4.78 is 28.4. The van der Waals surface area contributed by atoms with Crippen LogP contribution in [0.1, 0.15) is 67.0 Å². The van der Waals surface area contributed by atoms with Gasteiger partial charge < -0.3 is 19.9 Å². The van der Waals surface area contributed by atoms with Crippen LogP contribution in [-0.2, 0) is 29.1 Å². The summed E-state index contributed by atoms with van der Waals surface area (Å²) in [4.78, 5) is 31.1. The Morgan fingerprint density at radius 3 is 2.43 bits per heavy atom. The summed E-state index contributed by atoms with van der Waals surface area (Å²) >= 11 is 0. The molecule has 3 aromatic rings. The summed E-state index contributed by atoms with van der Waals surface area (Å²) in [6, 6.07) is 2.46. The van der Waals surface area contributed by atoms with Gasteiger partial charge in [0.15, 0.2) is 0 Å². The average molecular weight is 629 g/mol. The Morgan fingerprint density at radius 2 is 1.84 bits per heavy atom. The van der Waals surface area contributed by atoms with Gasteiger partial charge in [-0.25, -0.2) is 19.7 Å². The van der Waals surface area contributed by atoms with Gasteiger partial charge in [0.1, 0.15) is 30.4 Å². The standard InChI is InChI=1S/C32H45FN6O4S/c1-7-24-23(17-43-38-24)31(40)36-29(28(20-9-10-20)21-11-12-21)32(41)35-26-14-13-22(30(33)34-26)27-19(3)37-39(25(27)8-2)18-42-15-16-44(4,5)6/h13-14,17,20-21,28-29H,7-12,15-16,18H2,1-6H3,(H,36,40)(H,34,35,41). The predicted molar refractivity (Wildman–Crippen MR) is 170 cm³/mol. The highest BCUT2D eigenvalue weighted by molar-refractivity contribution is 8.32. The molecular weight excluding hydrogens is 583 g/mol. The van der Waals surface area contributed by atoms with E-state index in [9.17, 15) is 9.59 Å². The third kappa shape index (κ3) is 7.51. The zero-order chi connectivity index (χ0) is 31.6. The van der Waals surface area contributed by atoms with Crippen LogP contribution in [0.2, 0.25) is 0 Å². The van der Waals surface area contributed by atoms with Crippen molar-refractivity contribution in [2.45, 2.75) is 72.1 Å². The first kappa shape index (κ1) is 32.2. The Morgan fingerprint density at radius 1 is 1.14 bits per heavy atom. The number of ether oxygens (including phenoxy) is 1. The fourth-order valence-corrected chi connectivity index (χ4v) is 6.56. The Bertz CT molecular complexity index is 1480. The van der Waals surface area contributed by atoms with Crippen molar-refractivity contribution in [3.63, 3.8) is 0 Å². The van der Waals surface area contributed by atoms with E-state index in [1.807, 2.05) is 20.8 Å². The number of aryl methyl sites for hydroxylation is 2. The Balaban J connectivity index is 1.33. The lowest BCUT2D eigenvalue weighted by molar-refractivity contribution is -0.119. The van der Waals surface area contributed by atoms with Crippen molar-refractivity contribution in [1.29, 1.82) is 0 Å². The minimum absolute atomic E-state index is 0.0145. The normalized spacial score (nSPS) is 16.3. The Hall–Kier alpha value is -3.25. The number of nitrogens with one attached hydrogen (secondary N) is 2.